The smallest absolute Gasteiger partial charge is 0.231 e. The summed E-state index contributed by atoms with van der Waals surface area (Å²) in [5.74, 6) is 1.44. The summed E-state index contributed by atoms with van der Waals surface area (Å²) < 4.78 is 10.8. The molecule has 0 unspecified atom stereocenters. The number of hydrogen-bond acceptors (Lipinski definition) is 7. The summed E-state index contributed by atoms with van der Waals surface area (Å²) in [6.07, 6.45) is 1.68. The van der Waals surface area contributed by atoms with Crippen molar-refractivity contribution < 1.29 is 9.47 Å². The molecule has 1 N–H and O–H groups in total. The van der Waals surface area contributed by atoms with E-state index in [1.807, 2.05) is 60.8 Å². The fourth-order valence-corrected chi connectivity index (χ4v) is 4.03. The molecule has 0 spiro atoms. The number of aromatic nitrogens is 2. The van der Waals surface area contributed by atoms with Gasteiger partial charge in [0.25, 0.3) is 0 Å². The summed E-state index contributed by atoms with van der Waals surface area (Å²) in [5.41, 5.74) is 4.81. The minimum atomic E-state index is 0.233. The van der Waals surface area contributed by atoms with Crippen molar-refractivity contribution in [2.45, 2.75) is 6.92 Å². The van der Waals surface area contributed by atoms with E-state index >= 15 is 0 Å². The van der Waals surface area contributed by atoms with E-state index in [9.17, 15) is 5.26 Å². The second kappa shape index (κ2) is 7.50. The summed E-state index contributed by atoms with van der Waals surface area (Å²) in [5, 5.41) is 16.5. The Bertz CT molecular complexity index is 1340. The summed E-state index contributed by atoms with van der Waals surface area (Å²) in [6.45, 7) is 2.19. The van der Waals surface area contributed by atoms with Gasteiger partial charge in [-0.1, -0.05) is 18.2 Å². The van der Waals surface area contributed by atoms with Crippen LogP contribution in [-0.4, -0.2) is 16.8 Å². The lowest BCUT2D eigenvalue weighted by Crippen LogP contribution is -1.94. The molecular formula is C23H16N4O2S. The van der Waals surface area contributed by atoms with Crippen LogP contribution in [0.15, 0.2) is 60.1 Å². The number of fused-ring (bicyclic) bond motifs is 2. The highest BCUT2D eigenvalue weighted by Crippen LogP contribution is 2.36. The van der Waals surface area contributed by atoms with Gasteiger partial charge in [0, 0.05) is 28.2 Å². The van der Waals surface area contributed by atoms with Crippen LogP contribution in [0, 0.1) is 18.3 Å². The molecule has 0 saturated heterocycles. The van der Waals surface area contributed by atoms with E-state index in [-0.39, 0.29) is 6.79 Å². The highest BCUT2D eigenvalue weighted by molar-refractivity contribution is 7.11. The molecule has 0 radical (unpaired) electrons. The Morgan fingerprint density at radius 2 is 2.03 bits per heavy atom. The maximum absolute atomic E-state index is 9.68. The molecule has 4 aromatic rings. The zero-order valence-corrected chi connectivity index (χ0v) is 16.9. The molecule has 2 aromatic carbocycles. The number of nitrogens with zero attached hydrogens (tertiary/aromatic N) is 3. The average molecular weight is 412 g/mol. The lowest BCUT2D eigenvalue weighted by molar-refractivity contribution is 0.174. The van der Waals surface area contributed by atoms with Crippen LogP contribution >= 0.6 is 11.3 Å². The Hall–Kier alpha value is -3.89. The zero-order chi connectivity index (χ0) is 20.5. The number of ether oxygens (including phenoxy) is 2. The molecule has 1 aliphatic heterocycles. The van der Waals surface area contributed by atoms with Gasteiger partial charge in [-0.05, 0) is 37.3 Å². The molecule has 0 amide bonds. The van der Waals surface area contributed by atoms with Gasteiger partial charge in [-0.2, -0.15) is 5.26 Å². The van der Waals surface area contributed by atoms with Crippen LogP contribution in [0.4, 0.5) is 5.69 Å². The molecule has 2 aromatic heterocycles. The van der Waals surface area contributed by atoms with Crippen LogP contribution in [0.5, 0.6) is 11.5 Å². The highest BCUT2D eigenvalue weighted by atomic mass is 32.1. The first kappa shape index (κ1) is 18.2. The average Bonchev–Trinajstić information content (AvgIpc) is 3.43. The van der Waals surface area contributed by atoms with Gasteiger partial charge in [-0.3, -0.25) is 4.98 Å². The Morgan fingerprint density at radius 3 is 2.93 bits per heavy atom. The van der Waals surface area contributed by atoms with E-state index in [1.54, 1.807) is 6.20 Å². The summed E-state index contributed by atoms with van der Waals surface area (Å²) in [6, 6.07) is 17.9. The van der Waals surface area contributed by atoms with Gasteiger partial charge < -0.3 is 14.8 Å². The second-order valence-corrected chi connectivity index (χ2v) is 7.61. The Balaban J connectivity index is 1.44. The molecule has 3 heterocycles. The molecule has 0 atom stereocenters. The molecule has 1 aliphatic rings. The second-order valence-electron chi connectivity index (χ2n) is 6.75. The number of nitrogens with one attached hydrogen (secondary N) is 1. The van der Waals surface area contributed by atoms with Crippen molar-refractivity contribution in [2.24, 2.45) is 0 Å². The largest absolute Gasteiger partial charge is 0.454 e. The van der Waals surface area contributed by atoms with Crippen LogP contribution in [0.2, 0.25) is 0 Å². The maximum atomic E-state index is 9.68. The van der Waals surface area contributed by atoms with E-state index in [1.165, 1.54) is 11.3 Å². The Kier molecular flexibility index (Phi) is 4.54. The SMILES string of the molecule is Cc1ccc2cccc(N/C=C(/C#N)c3nc(-c4ccc5c(c4)OCO5)cs3)c2n1. The van der Waals surface area contributed by atoms with Crippen molar-refractivity contribution in [3.63, 3.8) is 0 Å². The first-order valence-corrected chi connectivity index (χ1v) is 10.2. The first-order chi connectivity index (χ1) is 14.7. The van der Waals surface area contributed by atoms with Crippen LogP contribution in [0.25, 0.3) is 27.7 Å². The third kappa shape index (κ3) is 3.34. The van der Waals surface area contributed by atoms with Crippen molar-refractivity contribution >= 4 is 33.5 Å². The van der Waals surface area contributed by atoms with Crippen LogP contribution in [0.1, 0.15) is 10.7 Å². The van der Waals surface area contributed by atoms with E-state index in [0.717, 1.165) is 39.3 Å². The number of benzene rings is 2. The Morgan fingerprint density at radius 1 is 1.13 bits per heavy atom. The molecule has 30 heavy (non-hydrogen) atoms. The molecule has 6 nitrogen and oxygen atoms in total. The van der Waals surface area contributed by atoms with Gasteiger partial charge in [0.2, 0.25) is 6.79 Å². The van der Waals surface area contributed by atoms with E-state index in [4.69, 9.17) is 9.47 Å². The predicted molar refractivity (Wildman–Crippen MR) is 117 cm³/mol. The van der Waals surface area contributed by atoms with E-state index in [0.29, 0.717) is 16.3 Å². The number of aryl methyl sites for hydroxylation is 1. The summed E-state index contributed by atoms with van der Waals surface area (Å²) in [7, 11) is 0. The molecule has 0 bridgehead atoms. The number of thiazole rings is 1. The van der Waals surface area contributed by atoms with E-state index in [2.05, 4.69) is 21.4 Å². The molecule has 5 rings (SSSR count). The molecule has 146 valence electrons. The third-order valence-corrected chi connectivity index (χ3v) is 5.63. The van der Waals surface area contributed by atoms with Crippen molar-refractivity contribution in [1.82, 2.24) is 9.97 Å². The quantitative estimate of drug-likeness (QED) is 0.454. The molecular weight excluding hydrogens is 396 g/mol. The minimum Gasteiger partial charge on any atom is -0.454 e. The van der Waals surface area contributed by atoms with Crippen LogP contribution < -0.4 is 14.8 Å². The van der Waals surface area contributed by atoms with Crippen molar-refractivity contribution in [3.8, 4) is 28.8 Å². The zero-order valence-electron chi connectivity index (χ0n) is 16.0. The number of para-hydroxylation sites is 1. The number of pyridine rings is 1. The monoisotopic (exact) mass is 412 g/mol. The van der Waals surface area contributed by atoms with Crippen molar-refractivity contribution in [2.75, 3.05) is 12.1 Å². The van der Waals surface area contributed by atoms with Crippen molar-refractivity contribution in [1.29, 1.82) is 5.26 Å². The van der Waals surface area contributed by atoms with Crippen LogP contribution in [0.3, 0.4) is 0 Å². The number of rotatable bonds is 4. The standard InChI is InChI=1S/C23H16N4O2S/c1-14-5-6-15-3-2-4-18(22(15)26-14)25-11-17(10-24)23-27-19(12-30-23)16-7-8-20-21(9-16)29-13-28-20/h2-9,11-12,25H,13H2,1H3/b17-11-. The lowest BCUT2D eigenvalue weighted by Gasteiger charge is -2.06. The summed E-state index contributed by atoms with van der Waals surface area (Å²) >= 11 is 1.42. The minimum absolute atomic E-state index is 0.233. The number of nitriles is 1. The maximum Gasteiger partial charge on any atom is 0.231 e. The normalized spacial score (nSPS) is 12.7. The number of hydrogen-bond donors (Lipinski definition) is 1. The molecule has 0 fully saturated rings. The van der Waals surface area contributed by atoms with Gasteiger partial charge in [0.1, 0.15) is 16.6 Å². The van der Waals surface area contributed by atoms with Crippen molar-refractivity contribution in [3.05, 3.63) is 70.8 Å². The highest BCUT2D eigenvalue weighted by Gasteiger charge is 2.16. The summed E-state index contributed by atoms with van der Waals surface area (Å²) in [4.78, 5) is 9.26. The molecule has 7 heteroatoms. The lowest BCUT2D eigenvalue weighted by atomic mass is 10.1. The third-order valence-electron chi connectivity index (χ3n) is 4.75. The number of allylic oxidation sites excluding steroid dienone is 1. The predicted octanol–water partition coefficient (Wildman–Crippen LogP) is 5.37. The van der Waals surface area contributed by atoms with Gasteiger partial charge >= 0.3 is 0 Å². The van der Waals surface area contributed by atoms with Crippen LogP contribution in [-0.2, 0) is 0 Å². The first-order valence-electron chi connectivity index (χ1n) is 9.30. The molecule has 0 saturated carbocycles. The Labute approximate surface area is 177 Å². The number of anilines is 1. The van der Waals surface area contributed by atoms with Gasteiger partial charge in [-0.15, -0.1) is 11.3 Å². The fraction of sp³-hybridized carbons (Fsp3) is 0.0870. The molecule has 0 aliphatic carbocycles. The van der Waals surface area contributed by atoms with Gasteiger partial charge in [0.05, 0.1) is 16.9 Å². The van der Waals surface area contributed by atoms with Gasteiger partial charge in [0.15, 0.2) is 11.5 Å². The fourth-order valence-electron chi connectivity index (χ4n) is 3.24. The van der Waals surface area contributed by atoms with Gasteiger partial charge in [-0.25, -0.2) is 4.98 Å². The van der Waals surface area contributed by atoms with E-state index < -0.39 is 0 Å². The topological polar surface area (TPSA) is 80.1 Å².